The van der Waals surface area contributed by atoms with E-state index in [-0.39, 0.29) is 0 Å². The Kier molecular flexibility index (Phi) is 3.05. The van der Waals surface area contributed by atoms with Crippen molar-refractivity contribution in [2.24, 2.45) is 0 Å². The quantitative estimate of drug-likeness (QED) is 0.473. The van der Waals surface area contributed by atoms with Crippen molar-refractivity contribution in [3.05, 3.63) is 0 Å². The molecule has 1 rings (SSSR count). The molecule has 1 nitrogen and oxygen atoms in total. The van der Waals surface area contributed by atoms with E-state index in [0.29, 0.717) is 0 Å². The van der Waals surface area contributed by atoms with Crippen molar-refractivity contribution in [3.63, 3.8) is 0 Å². The first-order valence-corrected chi connectivity index (χ1v) is 4.16. The Balaban J connectivity index is 2.18. The lowest BCUT2D eigenvalue weighted by Crippen LogP contribution is -2.30. The number of likely N-dealkylation sites (tertiary alicyclic amines) is 1. The van der Waals surface area contributed by atoms with Gasteiger partial charge in [-0.05, 0) is 19.8 Å². The third kappa shape index (κ3) is 2.35. The molecule has 1 heteroatoms. The van der Waals surface area contributed by atoms with Gasteiger partial charge in [0, 0.05) is 12.8 Å². The van der Waals surface area contributed by atoms with Crippen LogP contribution in [0.1, 0.15) is 32.6 Å². The van der Waals surface area contributed by atoms with Gasteiger partial charge in [0.2, 0.25) is 0 Å². The first kappa shape index (κ1) is 7.07. The van der Waals surface area contributed by atoms with E-state index in [1.54, 1.807) is 0 Å². The summed E-state index contributed by atoms with van der Waals surface area (Å²) in [6.07, 6.45) is 5.76. The van der Waals surface area contributed by atoms with Crippen LogP contribution in [0.2, 0.25) is 0 Å². The fourth-order valence-corrected chi connectivity index (χ4v) is 1.45. The third-order valence-corrected chi connectivity index (χ3v) is 2.15. The van der Waals surface area contributed by atoms with E-state index in [0.717, 1.165) is 0 Å². The highest BCUT2D eigenvalue weighted by Gasteiger charge is 2.13. The minimum Gasteiger partial charge on any atom is -0.170 e. The number of nitrogens with zero attached hydrogens (tertiary/aromatic N) is 1. The van der Waals surface area contributed by atoms with Crippen LogP contribution in [0.3, 0.4) is 0 Å². The molecule has 0 unspecified atom stereocenters. The highest BCUT2D eigenvalue weighted by Crippen LogP contribution is 2.06. The minimum atomic E-state index is 1.25. The maximum Gasteiger partial charge on any atom is 0.122 e. The van der Waals surface area contributed by atoms with Crippen LogP contribution >= 0.6 is 0 Å². The second-order valence-electron chi connectivity index (χ2n) is 2.85. The zero-order chi connectivity index (χ0) is 6.53. The van der Waals surface area contributed by atoms with E-state index < -0.39 is 0 Å². The highest BCUT2D eigenvalue weighted by molar-refractivity contribution is 4.65. The van der Waals surface area contributed by atoms with Gasteiger partial charge in [0.05, 0.1) is 0 Å². The van der Waals surface area contributed by atoms with E-state index in [1.807, 2.05) is 0 Å². The topological polar surface area (TPSA) is 5.90 Å². The van der Waals surface area contributed by atoms with Gasteiger partial charge in [0.1, 0.15) is 19.6 Å². The van der Waals surface area contributed by atoms with Crippen molar-refractivity contribution in [3.8, 4) is 0 Å². The molecule has 0 aromatic carbocycles. The summed E-state index contributed by atoms with van der Waals surface area (Å²) in [5, 5.41) is 0. The lowest BCUT2D eigenvalue weighted by molar-refractivity contribution is 0.439. The molecule has 0 aromatic rings. The highest BCUT2D eigenvalue weighted by atomic mass is 15.1. The summed E-state index contributed by atoms with van der Waals surface area (Å²) < 4.78 is 0. The molecule has 0 amide bonds. The molecule has 1 radical (unpaired) electrons. The van der Waals surface area contributed by atoms with E-state index in [1.165, 1.54) is 45.3 Å². The first-order chi connectivity index (χ1) is 4.43. The van der Waals surface area contributed by atoms with Crippen molar-refractivity contribution in [1.29, 1.82) is 0 Å². The SMILES string of the molecule is CC[N+]1CCCCCC1. The fraction of sp³-hybridized carbons (Fsp3) is 1.00. The summed E-state index contributed by atoms with van der Waals surface area (Å²) in [6, 6.07) is 0. The number of hydrogen-bond donors (Lipinski definition) is 0. The molecule has 0 aliphatic carbocycles. The average Bonchev–Trinajstić information content (AvgIpc) is 2.13. The second-order valence-corrected chi connectivity index (χ2v) is 2.85. The van der Waals surface area contributed by atoms with Gasteiger partial charge in [0.15, 0.2) is 0 Å². The van der Waals surface area contributed by atoms with Gasteiger partial charge in [0.25, 0.3) is 0 Å². The lowest BCUT2D eigenvalue weighted by atomic mass is 10.2. The summed E-state index contributed by atoms with van der Waals surface area (Å²) in [7, 11) is 0. The molecule has 1 fully saturated rings. The van der Waals surface area contributed by atoms with Crippen molar-refractivity contribution >= 4 is 0 Å². The Bertz CT molecular complexity index is 63.0. The van der Waals surface area contributed by atoms with Gasteiger partial charge in [-0.1, -0.05) is 0 Å². The van der Waals surface area contributed by atoms with Crippen LogP contribution in [-0.2, 0) is 0 Å². The van der Waals surface area contributed by atoms with Gasteiger partial charge in [-0.3, -0.25) is 0 Å². The number of rotatable bonds is 1. The fourth-order valence-electron chi connectivity index (χ4n) is 1.45. The molecule has 9 heavy (non-hydrogen) atoms. The standard InChI is InChI=1S/C8H17N/c1-2-9-7-5-3-4-6-8-9/h2-8H2,1H3/q+1. The Morgan fingerprint density at radius 2 is 1.56 bits per heavy atom. The van der Waals surface area contributed by atoms with Gasteiger partial charge in [-0.15, -0.1) is 0 Å². The predicted molar refractivity (Wildman–Crippen MR) is 40.9 cm³/mol. The molecule has 0 atom stereocenters. The maximum absolute atomic E-state index is 2.55. The minimum absolute atomic E-state index is 1.25. The lowest BCUT2D eigenvalue weighted by Gasteiger charge is -2.04. The summed E-state index contributed by atoms with van der Waals surface area (Å²) in [6.45, 7) is 6.19. The van der Waals surface area contributed by atoms with Crippen LogP contribution in [0.4, 0.5) is 0 Å². The second kappa shape index (κ2) is 3.89. The van der Waals surface area contributed by atoms with Gasteiger partial charge in [-0.25, -0.2) is 0 Å². The summed E-state index contributed by atoms with van der Waals surface area (Å²) in [5.74, 6) is 0. The molecule has 0 bridgehead atoms. The zero-order valence-electron chi connectivity index (χ0n) is 6.40. The molecule has 1 aliphatic rings. The molecule has 1 saturated heterocycles. The summed E-state index contributed by atoms with van der Waals surface area (Å²) in [5.41, 5.74) is 0. The smallest absolute Gasteiger partial charge is 0.122 e. The number of hydrogen-bond acceptors (Lipinski definition) is 1. The Morgan fingerprint density at radius 3 is 2.00 bits per heavy atom. The molecular formula is C8H17N+. The van der Waals surface area contributed by atoms with Crippen LogP contribution in [0.15, 0.2) is 0 Å². The van der Waals surface area contributed by atoms with Gasteiger partial charge < -0.3 is 0 Å². The van der Waals surface area contributed by atoms with Crippen molar-refractivity contribution in [1.82, 2.24) is 4.90 Å². The largest absolute Gasteiger partial charge is 0.170 e. The predicted octanol–water partition coefficient (Wildman–Crippen LogP) is 1.72. The first-order valence-electron chi connectivity index (χ1n) is 4.16. The Labute approximate surface area is 58.0 Å². The molecule has 0 N–H and O–H groups in total. The summed E-state index contributed by atoms with van der Waals surface area (Å²) in [4.78, 5) is 2.55. The Hall–Kier alpha value is -0.0400. The molecule has 0 saturated carbocycles. The zero-order valence-corrected chi connectivity index (χ0v) is 6.40. The molecular weight excluding hydrogens is 110 g/mol. The van der Waals surface area contributed by atoms with Crippen LogP contribution in [0.5, 0.6) is 0 Å². The molecule has 1 aliphatic heterocycles. The van der Waals surface area contributed by atoms with Gasteiger partial charge >= 0.3 is 0 Å². The molecule has 0 aromatic heterocycles. The molecule has 53 valence electrons. The third-order valence-electron chi connectivity index (χ3n) is 2.15. The normalized spacial score (nSPS) is 23.7. The van der Waals surface area contributed by atoms with Crippen molar-refractivity contribution < 1.29 is 0 Å². The van der Waals surface area contributed by atoms with E-state index in [9.17, 15) is 0 Å². The molecule has 0 spiro atoms. The Morgan fingerprint density at radius 1 is 1.00 bits per heavy atom. The summed E-state index contributed by atoms with van der Waals surface area (Å²) >= 11 is 0. The van der Waals surface area contributed by atoms with Crippen LogP contribution < -0.4 is 4.90 Å². The van der Waals surface area contributed by atoms with Gasteiger partial charge in [-0.2, -0.15) is 4.90 Å². The van der Waals surface area contributed by atoms with Crippen molar-refractivity contribution in [2.45, 2.75) is 32.6 Å². The van der Waals surface area contributed by atoms with E-state index >= 15 is 0 Å². The van der Waals surface area contributed by atoms with E-state index in [4.69, 9.17) is 0 Å². The maximum atomic E-state index is 2.55. The monoisotopic (exact) mass is 127 g/mol. The average molecular weight is 127 g/mol. The van der Waals surface area contributed by atoms with Crippen LogP contribution in [-0.4, -0.2) is 19.6 Å². The van der Waals surface area contributed by atoms with Crippen molar-refractivity contribution in [2.75, 3.05) is 19.6 Å². The van der Waals surface area contributed by atoms with Crippen LogP contribution in [0, 0.1) is 0 Å². The molecule has 1 heterocycles. The van der Waals surface area contributed by atoms with Crippen LogP contribution in [0.25, 0.3) is 0 Å². The van der Waals surface area contributed by atoms with E-state index in [2.05, 4.69) is 11.8 Å².